The maximum absolute atomic E-state index is 11.3. The van der Waals surface area contributed by atoms with Gasteiger partial charge in [0, 0.05) is 29.1 Å². The first kappa shape index (κ1) is 11.0. The average Bonchev–Trinajstić information content (AvgIpc) is 1.79. The number of likely N-dealkylation sites (tertiary alicyclic amines) is 1. The highest BCUT2D eigenvalue weighted by Crippen LogP contribution is 2.17. The molecule has 1 aliphatic rings. The Balaban J connectivity index is 2.19. The standard InChI is InChI=1S/C9H20N2OS/c1-8(2)4-5-11-6-9(7-11)13(3,10)12/h8-10H,4-7H2,1-3H3. The van der Waals surface area contributed by atoms with E-state index in [0.717, 1.165) is 25.6 Å². The van der Waals surface area contributed by atoms with Crippen LogP contribution in [0.15, 0.2) is 0 Å². The van der Waals surface area contributed by atoms with Crippen LogP contribution in [-0.4, -0.2) is 40.2 Å². The third kappa shape index (κ3) is 3.27. The van der Waals surface area contributed by atoms with Crippen molar-refractivity contribution in [2.24, 2.45) is 5.92 Å². The molecule has 0 spiro atoms. The first-order valence-corrected chi connectivity index (χ1v) is 6.87. The molecule has 1 atom stereocenters. The van der Waals surface area contributed by atoms with Crippen LogP contribution in [0.3, 0.4) is 0 Å². The van der Waals surface area contributed by atoms with Crippen molar-refractivity contribution in [1.29, 1.82) is 4.78 Å². The van der Waals surface area contributed by atoms with Crippen molar-refractivity contribution in [3.63, 3.8) is 0 Å². The van der Waals surface area contributed by atoms with Crippen LogP contribution in [0.5, 0.6) is 0 Å². The third-order valence-electron chi connectivity index (χ3n) is 2.58. The molecule has 0 bridgehead atoms. The van der Waals surface area contributed by atoms with Gasteiger partial charge in [0.25, 0.3) is 0 Å². The van der Waals surface area contributed by atoms with Crippen molar-refractivity contribution in [2.45, 2.75) is 25.5 Å². The zero-order valence-electron chi connectivity index (χ0n) is 8.75. The Morgan fingerprint density at radius 2 is 2.08 bits per heavy atom. The van der Waals surface area contributed by atoms with Gasteiger partial charge in [-0.3, -0.25) is 4.78 Å². The predicted octanol–water partition coefficient (Wildman–Crippen LogP) is 1.39. The van der Waals surface area contributed by atoms with E-state index < -0.39 is 9.73 Å². The lowest BCUT2D eigenvalue weighted by Crippen LogP contribution is -2.54. The maximum atomic E-state index is 11.3. The second-order valence-electron chi connectivity index (χ2n) is 4.47. The third-order valence-corrected chi connectivity index (χ3v) is 4.15. The SMILES string of the molecule is CC(C)CCN1CC(S(C)(=N)=O)C1. The molecule has 1 fully saturated rings. The minimum absolute atomic E-state index is 0.125. The molecule has 0 aliphatic carbocycles. The van der Waals surface area contributed by atoms with Gasteiger partial charge >= 0.3 is 0 Å². The summed E-state index contributed by atoms with van der Waals surface area (Å²) in [5.74, 6) is 0.737. The Morgan fingerprint density at radius 3 is 2.46 bits per heavy atom. The van der Waals surface area contributed by atoms with Crippen LogP contribution in [0.25, 0.3) is 0 Å². The lowest BCUT2D eigenvalue weighted by atomic mass is 10.1. The molecular formula is C9H20N2OS. The molecular weight excluding hydrogens is 184 g/mol. The molecule has 0 aromatic heterocycles. The fraction of sp³-hybridized carbons (Fsp3) is 1.00. The summed E-state index contributed by atoms with van der Waals surface area (Å²) < 4.78 is 18.7. The van der Waals surface area contributed by atoms with E-state index in [2.05, 4.69) is 18.7 Å². The second-order valence-corrected chi connectivity index (χ2v) is 6.94. The molecule has 1 aliphatic heterocycles. The smallest absolute Gasteiger partial charge is 0.0679 e. The molecule has 0 aromatic carbocycles. The van der Waals surface area contributed by atoms with Crippen molar-refractivity contribution in [1.82, 2.24) is 4.90 Å². The molecule has 1 N–H and O–H groups in total. The summed E-state index contributed by atoms with van der Waals surface area (Å²) in [5.41, 5.74) is 0. The summed E-state index contributed by atoms with van der Waals surface area (Å²) in [6.07, 6.45) is 2.76. The average molecular weight is 204 g/mol. The largest absolute Gasteiger partial charge is 0.301 e. The van der Waals surface area contributed by atoms with Crippen LogP contribution in [-0.2, 0) is 9.73 Å². The Kier molecular flexibility index (Phi) is 3.35. The van der Waals surface area contributed by atoms with E-state index in [9.17, 15) is 4.21 Å². The molecule has 0 aromatic rings. The summed E-state index contributed by atoms with van der Waals surface area (Å²) in [7, 11) is -2.28. The van der Waals surface area contributed by atoms with Crippen molar-refractivity contribution in [2.75, 3.05) is 25.9 Å². The van der Waals surface area contributed by atoms with Gasteiger partial charge in [-0.05, 0) is 18.9 Å². The van der Waals surface area contributed by atoms with E-state index in [1.54, 1.807) is 6.26 Å². The van der Waals surface area contributed by atoms with Crippen molar-refractivity contribution in [3.05, 3.63) is 0 Å². The Morgan fingerprint density at radius 1 is 1.54 bits per heavy atom. The van der Waals surface area contributed by atoms with E-state index in [-0.39, 0.29) is 5.25 Å². The van der Waals surface area contributed by atoms with E-state index >= 15 is 0 Å². The van der Waals surface area contributed by atoms with Gasteiger partial charge in [0.05, 0.1) is 5.25 Å². The molecule has 1 heterocycles. The van der Waals surface area contributed by atoms with Crippen LogP contribution in [0, 0.1) is 10.7 Å². The summed E-state index contributed by atoms with van der Waals surface area (Å²) >= 11 is 0. The Bertz CT molecular complexity index is 253. The second kappa shape index (κ2) is 3.96. The van der Waals surface area contributed by atoms with Crippen LogP contribution in [0.2, 0.25) is 0 Å². The molecule has 78 valence electrons. The minimum Gasteiger partial charge on any atom is -0.301 e. The van der Waals surface area contributed by atoms with Gasteiger partial charge in [0.2, 0.25) is 0 Å². The van der Waals surface area contributed by atoms with E-state index in [4.69, 9.17) is 4.78 Å². The normalized spacial score (nSPS) is 24.3. The highest BCUT2D eigenvalue weighted by Gasteiger charge is 2.31. The quantitative estimate of drug-likeness (QED) is 0.752. The fourth-order valence-electron chi connectivity index (χ4n) is 1.43. The highest BCUT2D eigenvalue weighted by atomic mass is 32.2. The van der Waals surface area contributed by atoms with Crippen LogP contribution in [0.4, 0.5) is 0 Å². The summed E-state index contributed by atoms with van der Waals surface area (Å²) in [5, 5.41) is 0.125. The van der Waals surface area contributed by atoms with Gasteiger partial charge in [0.1, 0.15) is 0 Å². The van der Waals surface area contributed by atoms with Crippen molar-refractivity contribution < 1.29 is 4.21 Å². The molecule has 4 heteroatoms. The maximum Gasteiger partial charge on any atom is 0.0679 e. The Labute approximate surface area is 81.5 Å². The number of hydrogen-bond acceptors (Lipinski definition) is 3. The van der Waals surface area contributed by atoms with Gasteiger partial charge in [-0.2, -0.15) is 0 Å². The number of hydrogen-bond donors (Lipinski definition) is 1. The summed E-state index contributed by atoms with van der Waals surface area (Å²) in [6, 6.07) is 0. The van der Waals surface area contributed by atoms with Gasteiger partial charge < -0.3 is 4.90 Å². The van der Waals surface area contributed by atoms with E-state index in [0.29, 0.717) is 0 Å². The Hall–Kier alpha value is -0.0900. The van der Waals surface area contributed by atoms with Gasteiger partial charge in [-0.1, -0.05) is 13.8 Å². The molecule has 1 saturated heterocycles. The van der Waals surface area contributed by atoms with E-state index in [1.807, 2.05) is 0 Å². The topological polar surface area (TPSA) is 44.2 Å². The van der Waals surface area contributed by atoms with Crippen molar-refractivity contribution >= 4 is 9.73 Å². The molecule has 0 saturated carbocycles. The summed E-state index contributed by atoms with van der Waals surface area (Å²) in [4.78, 5) is 2.29. The molecule has 0 amide bonds. The van der Waals surface area contributed by atoms with Crippen molar-refractivity contribution in [3.8, 4) is 0 Å². The number of nitrogens with one attached hydrogen (secondary N) is 1. The first-order chi connectivity index (χ1) is 5.89. The summed E-state index contributed by atoms with van der Waals surface area (Å²) in [6.45, 7) is 7.26. The fourth-order valence-corrected chi connectivity index (χ4v) is 2.42. The first-order valence-electron chi connectivity index (χ1n) is 4.84. The molecule has 1 rings (SSSR count). The van der Waals surface area contributed by atoms with Gasteiger partial charge in [0.15, 0.2) is 0 Å². The molecule has 13 heavy (non-hydrogen) atoms. The molecule has 3 nitrogen and oxygen atoms in total. The monoisotopic (exact) mass is 204 g/mol. The van der Waals surface area contributed by atoms with Gasteiger partial charge in [-0.15, -0.1) is 0 Å². The van der Waals surface area contributed by atoms with E-state index in [1.165, 1.54) is 6.42 Å². The zero-order chi connectivity index (χ0) is 10.1. The zero-order valence-corrected chi connectivity index (χ0v) is 9.56. The van der Waals surface area contributed by atoms with Gasteiger partial charge in [-0.25, -0.2) is 4.21 Å². The minimum atomic E-state index is -2.28. The highest BCUT2D eigenvalue weighted by molar-refractivity contribution is 7.92. The van der Waals surface area contributed by atoms with Crippen LogP contribution < -0.4 is 0 Å². The number of nitrogens with zero attached hydrogens (tertiary/aromatic N) is 1. The van der Waals surface area contributed by atoms with Crippen LogP contribution in [0.1, 0.15) is 20.3 Å². The number of rotatable bonds is 4. The van der Waals surface area contributed by atoms with Crippen LogP contribution >= 0.6 is 0 Å². The molecule has 1 unspecified atom stereocenters. The lowest BCUT2D eigenvalue weighted by Gasteiger charge is -2.39. The lowest BCUT2D eigenvalue weighted by molar-refractivity contribution is 0.177. The molecule has 0 radical (unpaired) electrons. The predicted molar refractivity (Wildman–Crippen MR) is 56.5 cm³/mol.